The number of aryl methyl sites for hydroxylation is 1. The number of hydrogen-bond acceptors (Lipinski definition) is 3. The predicted molar refractivity (Wildman–Crippen MR) is 75.2 cm³/mol. The number of nitrogens with zero attached hydrogens (tertiary/aromatic N) is 2. The van der Waals surface area contributed by atoms with Gasteiger partial charge in [-0.3, -0.25) is 14.8 Å². The van der Waals surface area contributed by atoms with Crippen molar-refractivity contribution in [1.82, 2.24) is 20.4 Å². The Morgan fingerprint density at radius 2 is 2.27 bits per heavy atom. The van der Waals surface area contributed by atoms with Crippen LogP contribution in [0.4, 0.5) is 13.2 Å². The van der Waals surface area contributed by atoms with Gasteiger partial charge < -0.3 is 5.32 Å². The Bertz CT molecular complexity index is 527. The third-order valence-electron chi connectivity index (χ3n) is 3.87. The molecule has 0 fully saturated rings. The molecule has 2 unspecified atom stereocenters. The molecule has 0 saturated carbocycles. The zero-order valence-electron chi connectivity index (χ0n) is 12.7. The molecule has 0 aromatic carbocycles. The van der Waals surface area contributed by atoms with Gasteiger partial charge in [0.25, 0.3) is 0 Å². The third kappa shape index (κ3) is 4.00. The van der Waals surface area contributed by atoms with Crippen LogP contribution in [-0.2, 0) is 17.8 Å². The lowest BCUT2D eigenvalue weighted by Crippen LogP contribution is -2.46. The first-order chi connectivity index (χ1) is 10.3. The van der Waals surface area contributed by atoms with Gasteiger partial charge in [0, 0.05) is 23.8 Å². The van der Waals surface area contributed by atoms with E-state index in [1.54, 1.807) is 13.1 Å². The van der Waals surface area contributed by atoms with Crippen molar-refractivity contribution in [1.29, 1.82) is 0 Å². The molecule has 0 aliphatic heterocycles. The summed E-state index contributed by atoms with van der Waals surface area (Å²) in [5.74, 6) is -0.646. The van der Waals surface area contributed by atoms with E-state index in [-0.39, 0.29) is 6.04 Å². The quantitative estimate of drug-likeness (QED) is 0.872. The van der Waals surface area contributed by atoms with Crippen molar-refractivity contribution in [3.8, 4) is 0 Å². The van der Waals surface area contributed by atoms with Crippen LogP contribution < -0.4 is 10.6 Å². The first-order valence-corrected chi connectivity index (χ1v) is 7.47. The van der Waals surface area contributed by atoms with Gasteiger partial charge in [0.1, 0.15) is 6.54 Å². The average molecular weight is 318 g/mol. The summed E-state index contributed by atoms with van der Waals surface area (Å²) in [6.45, 7) is 3.06. The lowest BCUT2D eigenvalue weighted by molar-refractivity contribution is -0.139. The highest BCUT2D eigenvalue weighted by atomic mass is 19.4. The molecular weight excluding hydrogens is 297 g/mol. The van der Waals surface area contributed by atoms with Crippen molar-refractivity contribution in [3.05, 3.63) is 17.5 Å². The first kappa shape index (κ1) is 16.8. The summed E-state index contributed by atoms with van der Waals surface area (Å²) in [7, 11) is 0. The molecule has 1 heterocycles. The van der Waals surface area contributed by atoms with Gasteiger partial charge in [-0.15, -0.1) is 0 Å². The number of halogens is 3. The SMILES string of the molecule is CCn1ncc2c1CCCC2NC(C)C(=O)NCC(F)(F)F. The van der Waals surface area contributed by atoms with Gasteiger partial charge in [-0.05, 0) is 33.1 Å². The smallest absolute Gasteiger partial charge is 0.346 e. The fraction of sp³-hybridized carbons (Fsp3) is 0.714. The maximum absolute atomic E-state index is 12.1. The Morgan fingerprint density at radius 1 is 1.55 bits per heavy atom. The van der Waals surface area contributed by atoms with Gasteiger partial charge in [-0.25, -0.2) is 0 Å². The number of aromatic nitrogens is 2. The fourth-order valence-corrected chi connectivity index (χ4v) is 2.78. The van der Waals surface area contributed by atoms with Crippen LogP contribution in [-0.4, -0.2) is 34.5 Å². The number of carbonyl (C=O) groups excluding carboxylic acids is 1. The molecule has 0 saturated heterocycles. The number of amides is 1. The van der Waals surface area contributed by atoms with Crippen molar-refractivity contribution < 1.29 is 18.0 Å². The number of alkyl halides is 3. The molecule has 8 heteroatoms. The lowest BCUT2D eigenvalue weighted by atomic mass is 9.92. The van der Waals surface area contributed by atoms with E-state index in [1.807, 2.05) is 16.9 Å². The Hall–Kier alpha value is -1.57. The Balaban J connectivity index is 1.97. The molecule has 1 aromatic heterocycles. The van der Waals surface area contributed by atoms with E-state index in [1.165, 1.54) is 0 Å². The van der Waals surface area contributed by atoms with E-state index >= 15 is 0 Å². The summed E-state index contributed by atoms with van der Waals surface area (Å²) < 4.78 is 38.3. The van der Waals surface area contributed by atoms with Crippen LogP contribution in [0.15, 0.2) is 6.20 Å². The van der Waals surface area contributed by atoms with Crippen molar-refractivity contribution in [2.24, 2.45) is 0 Å². The predicted octanol–water partition coefficient (Wildman–Crippen LogP) is 1.94. The molecule has 2 rings (SSSR count). The van der Waals surface area contributed by atoms with Crippen LogP contribution in [0.1, 0.15) is 44.0 Å². The second kappa shape index (κ2) is 6.68. The Kier molecular flexibility index (Phi) is 5.10. The molecule has 2 atom stereocenters. The van der Waals surface area contributed by atoms with E-state index in [9.17, 15) is 18.0 Å². The van der Waals surface area contributed by atoms with Gasteiger partial charge in [0.05, 0.1) is 12.2 Å². The van der Waals surface area contributed by atoms with Crippen molar-refractivity contribution >= 4 is 5.91 Å². The number of nitrogens with one attached hydrogen (secondary N) is 2. The summed E-state index contributed by atoms with van der Waals surface area (Å²) >= 11 is 0. The molecule has 0 bridgehead atoms. The number of rotatable bonds is 5. The van der Waals surface area contributed by atoms with E-state index in [0.29, 0.717) is 0 Å². The standard InChI is InChI=1S/C14H21F3N4O/c1-3-21-12-6-4-5-11(10(12)7-19-21)20-9(2)13(22)18-8-14(15,16)17/h7,9,11,20H,3-6,8H2,1-2H3,(H,18,22). The average Bonchev–Trinajstić information content (AvgIpc) is 2.88. The van der Waals surface area contributed by atoms with Crippen LogP contribution in [0.25, 0.3) is 0 Å². The molecule has 124 valence electrons. The summed E-state index contributed by atoms with van der Waals surface area (Å²) in [4.78, 5) is 11.7. The minimum absolute atomic E-state index is 0.0457. The maximum atomic E-state index is 12.1. The van der Waals surface area contributed by atoms with Gasteiger partial charge in [-0.2, -0.15) is 18.3 Å². The second-order valence-electron chi connectivity index (χ2n) is 5.53. The van der Waals surface area contributed by atoms with Crippen molar-refractivity contribution in [2.45, 2.75) is 57.9 Å². The van der Waals surface area contributed by atoms with E-state index in [4.69, 9.17) is 0 Å². The number of hydrogen-bond donors (Lipinski definition) is 2. The summed E-state index contributed by atoms with van der Waals surface area (Å²) in [5, 5.41) is 9.34. The van der Waals surface area contributed by atoms with E-state index < -0.39 is 24.7 Å². The minimum atomic E-state index is -4.39. The molecule has 5 nitrogen and oxygen atoms in total. The van der Waals surface area contributed by atoms with E-state index in [0.717, 1.165) is 37.1 Å². The molecular formula is C14H21F3N4O. The molecule has 1 aliphatic carbocycles. The Labute approximate surface area is 127 Å². The van der Waals surface area contributed by atoms with Crippen LogP contribution in [0.3, 0.4) is 0 Å². The van der Waals surface area contributed by atoms with Crippen LogP contribution in [0.5, 0.6) is 0 Å². The molecule has 0 spiro atoms. The highest BCUT2D eigenvalue weighted by Crippen LogP contribution is 2.29. The monoisotopic (exact) mass is 318 g/mol. The zero-order valence-corrected chi connectivity index (χ0v) is 12.7. The second-order valence-corrected chi connectivity index (χ2v) is 5.53. The maximum Gasteiger partial charge on any atom is 0.405 e. The summed E-state index contributed by atoms with van der Waals surface area (Å²) in [6, 6.07) is -0.737. The number of carbonyl (C=O) groups is 1. The van der Waals surface area contributed by atoms with E-state index in [2.05, 4.69) is 10.4 Å². The normalized spacial score (nSPS) is 19.6. The first-order valence-electron chi connectivity index (χ1n) is 7.47. The summed E-state index contributed by atoms with van der Waals surface area (Å²) in [5.41, 5.74) is 2.19. The Morgan fingerprint density at radius 3 is 2.91 bits per heavy atom. The summed E-state index contributed by atoms with van der Waals surface area (Å²) in [6.07, 6.45) is 0.147. The van der Waals surface area contributed by atoms with Gasteiger partial charge in [0.2, 0.25) is 5.91 Å². The van der Waals surface area contributed by atoms with Crippen LogP contribution in [0, 0.1) is 0 Å². The van der Waals surface area contributed by atoms with Crippen molar-refractivity contribution in [3.63, 3.8) is 0 Å². The van der Waals surface area contributed by atoms with Crippen LogP contribution in [0.2, 0.25) is 0 Å². The van der Waals surface area contributed by atoms with Crippen LogP contribution >= 0.6 is 0 Å². The van der Waals surface area contributed by atoms with Gasteiger partial charge in [0.15, 0.2) is 0 Å². The zero-order chi connectivity index (χ0) is 16.3. The largest absolute Gasteiger partial charge is 0.405 e. The highest BCUT2D eigenvalue weighted by molar-refractivity contribution is 5.81. The molecule has 22 heavy (non-hydrogen) atoms. The molecule has 1 aliphatic rings. The molecule has 1 amide bonds. The highest BCUT2D eigenvalue weighted by Gasteiger charge is 2.30. The number of fused-ring (bicyclic) bond motifs is 1. The minimum Gasteiger partial charge on any atom is -0.346 e. The molecule has 2 N–H and O–H groups in total. The molecule has 0 radical (unpaired) electrons. The fourth-order valence-electron chi connectivity index (χ4n) is 2.78. The third-order valence-corrected chi connectivity index (χ3v) is 3.87. The van der Waals surface area contributed by atoms with Gasteiger partial charge >= 0.3 is 6.18 Å². The topological polar surface area (TPSA) is 59.0 Å². The van der Waals surface area contributed by atoms with Crippen molar-refractivity contribution in [2.75, 3.05) is 6.54 Å². The lowest BCUT2D eigenvalue weighted by Gasteiger charge is -2.27. The molecule has 1 aromatic rings. The van der Waals surface area contributed by atoms with Gasteiger partial charge in [-0.1, -0.05) is 0 Å².